The molecule has 0 bridgehead atoms. The largest absolute Gasteiger partial charge is 0.399 e. The molecule has 0 saturated heterocycles. The second-order valence-corrected chi connectivity index (χ2v) is 4.97. The molecular weight excluding hydrogens is 246 g/mol. The zero-order valence-electron chi connectivity index (χ0n) is 7.72. The van der Waals surface area contributed by atoms with Gasteiger partial charge in [0.25, 0.3) is 0 Å². The van der Waals surface area contributed by atoms with Crippen LogP contribution in [0.4, 0.5) is 5.69 Å². The van der Waals surface area contributed by atoms with E-state index in [0.29, 0.717) is 0 Å². The number of nitrogens with two attached hydrogens (primary N) is 1. The summed E-state index contributed by atoms with van der Waals surface area (Å²) in [5.41, 5.74) is 7.86. The highest BCUT2D eigenvalue weighted by Gasteiger charge is 1.96. The van der Waals surface area contributed by atoms with Crippen LogP contribution in [-0.4, -0.2) is 5.75 Å². The molecular formula is C10H14BrNS. The predicted octanol–water partition coefficient (Wildman–Crippen LogP) is 3.67. The van der Waals surface area contributed by atoms with Crippen molar-refractivity contribution in [2.45, 2.75) is 19.1 Å². The van der Waals surface area contributed by atoms with Gasteiger partial charge in [-0.2, -0.15) is 11.8 Å². The Kier molecular flexibility index (Phi) is 4.67. The van der Waals surface area contributed by atoms with Crippen molar-refractivity contribution in [3.8, 4) is 0 Å². The van der Waals surface area contributed by atoms with Crippen molar-refractivity contribution >= 4 is 33.4 Å². The van der Waals surface area contributed by atoms with Crippen LogP contribution in [0.5, 0.6) is 0 Å². The average molecular weight is 260 g/mol. The number of halogens is 1. The first-order chi connectivity index (χ1) is 6.22. The number of hydrogen-bond donors (Lipinski definition) is 1. The van der Waals surface area contributed by atoms with Gasteiger partial charge in [-0.25, -0.2) is 0 Å². The molecule has 0 unspecified atom stereocenters. The summed E-state index contributed by atoms with van der Waals surface area (Å²) in [7, 11) is 0. The van der Waals surface area contributed by atoms with E-state index in [0.717, 1.165) is 15.9 Å². The first-order valence-corrected chi connectivity index (χ1v) is 6.30. The molecule has 1 aromatic carbocycles. The van der Waals surface area contributed by atoms with Crippen LogP contribution in [0.3, 0.4) is 0 Å². The lowest BCUT2D eigenvalue weighted by Gasteiger charge is -2.03. The Hall–Kier alpha value is -0.150. The quantitative estimate of drug-likeness (QED) is 0.660. The molecule has 0 heterocycles. The van der Waals surface area contributed by atoms with Crippen LogP contribution in [-0.2, 0) is 5.75 Å². The summed E-state index contributed by atoms with van der Waals surface area (Å²) >= 11 is 5.38. The first-order valence-electron chi connectivity index (χ1n) is 4.35. The lowest BCUT2D eigenvalue weighted by atomic mass is 10.2. The van der Waals surface area contributed by atoms with Gasteiger partial charge in [0, 0.05) is 15.9 Å². The van der Waals surface area contributed by atoms with E-state index in [2.05, 4.69) is 28.9 Å². The summed E-state index contributed by atoms with van der Waals surface area (Å²) in [6.07, 6.45) is 1.23. The standard InChI is InChI=1S/C10H14BrNS/c1-2-3-13-7-8-4-9(11)6-10(12)5-8/h4-6H,2-3,7,12H2,1H3. The molecule has 0 aliphatic heterocycles. The molecule has 1 nitrogen and oxygen atoms in total. The van der Waals surface area contributed by atoms with Crippen LogP contribution in [0.2, 0.25) is 0 Å². The normalized spacial score (nSPS) is 10.3. The second kappa shape index (κ2) is 5.55. The highest BCUT2D eigenvalue weighted by atomic mass is 79.9. The van der Waals surface area contributed by atoms with E-state index >= 15 is 0 Å². The van der Waals surface area contributed by atoms with Crippen molar-refractivity contribution in [3.05, 3.63) is 28.2 Å². The van der Waals surface area contributed by atoms with Crippen LogP contribution in [0.25, 0.3) is 0 Å². The number of thioether (sulfide) groups is 1. The molecule has 0 radical (unpaired) electrons. The summed E-state index contributed by atoms with van der Waals surface area (Å²) in [5, 5.41) is 0. The SMILES string of the molecule is CCCSCc1cc(N)cc(Br)c1. The molecule has 0 aliphatic rings. The molecule has 0 aliphatic carbocycles. The molecule has 1 aromatic rings. The molecule has 13 heavy (non-hydrogen) atoms. The topological polar surface area (TPSA) is 26.0 Å². The number of nitrogen functional groups attached to an aromatic ring is 1. The molecule has 0 amide bonds. The van der Waals surface area contributed by atoms with Gasteiger partial charge < -0.3 is 5.73 Å². The number of rotatable bonds is 4. The summed E-state index contributed by atoms with van der Waals surface area (Å²) in [6.45, 7) is 2.20. The summed E-state index contributed by atoms with van der Waals surface area (Å²) in [6, 6.07) is 6.08. The van der Waals surface area contributed by atoms with Crippen molar-refractivity contribution in [2.24, 2.45) is 0 Å². The third kappa shape index (κ3) is 4.05. The molecule has 0 spiro atoms. The van der Waals surface area contributed by atoms with Crippen molar-refractivity contribution < 1.29 is 0 Å². The minimum absolute atomic E-state index is 0.835. The molecule has 0 fully saturated rings. The zero-order valence-corrected chi connectivity index (χ0v) is 10.1. The Bertz CT molecular complexity index is 255. The van der Waals surface area contributed by atoms with Crippen molar-refractivity contribution in [1.29, 1.82) is 0 Å². The van der Waals surface area contributed by atoms with Gasteiger partial charge in [0.05, 0.1) is 0 Å². The van der Waals surface area contributed by atoms with E-state index in [4.69, 9.17) is 5.73 Å². The van der Waals surface area contributed by atoms with Gasteiger partial charge in [0.15, 0.2) is 0 Å². The third-order valence-electron chi connectivity index (χ3n) is 1.60. The molecule has 2 N–H and O–H groups in total. The number of benzene rings is 1. The highest BCUT2D eigenvalue weighted by molar-refractivity contribution is 9.10. The second-order valence-electron chi connectivity index (χ2n) is 2.95. The average Bonchev–Trinajstić information content (AvgIpc) is 2.03. The van der Waals surface area contributed by atoms with Crippen LogP contribution in [0.15, 0.2) is 22.7 Å². The maximum absolute atomic E-state index is 5.72. The van der Waals surface area contributed by atoms with Gasteiger partial charge in [-0.15, -0.1) is 0 Å². The monoisotopic (exact) mass is 259 g/mol. The fourth-order valence-electron chi connectivity index (χ4n) is 1.09. The number of anilines is 1. The van der Waals surface area contributed by atoms with Crippen LogP contribution >= 0.6 is 27.7 Å². The minimum Gasteiger partial charge on any atom is -0.399 e. The first kappa shape index (κ1) is 10.9. The highest BCUT2D eigenvalue weighted by Crippen LogP contribution is 2.21. The molecule has 0 saturated carbocycles. The van der Waals surface area contributed by atoms with E-state index in [1.165, 1.54) is 17.7 Å². The third-order valence-corrected chi connectivity index (χ3v) is 3.29. The van der Waals surface area contributed by atoms with E-state index in [1.54, 1.807) is 0 Å². The number of hydrogen-bond acceptors (Lipinski definition) is 2. The molecule has 0 aromatic heterocycles. The van der Waals surface area contributed by atoms with Crippen LogP contribution < -0.4 is 5.73 Å². The van der Waals surface area contributed by atoms with Gasteiger partial charge in [-0.05, 0) is 35.9 Å². The van der Waals surface area contributed by atoms with Gasteiger partial charge in [0.1, 0.15) is 0 Å². The van der Waals surface area contributed by atoms with Gasteiger partial charge in [0.2, 0.25) is 0 Å². The maximum atomic E-state index is 5.72. The Labute approximate surface area is 92.2 Å². The Morgan fingerprint density at radius 1 is 1.38 bits per heavy atom. The van der Waals surface area contributed by atoms with E-state index in [-0.39, 0.29) is 0 Å². The van der Waals surface area contributed by atoms with Crippen LogP contribution in [0.1, 0.15) is 18.9 Å². The Morgan fingerprint density at radius 2 is 2.15 bits per heavy atom. The fraction of sp³-hybridized carbons (Fsp3) is 0.400. The molecule has 72 valence electrons. The zero-order chi connectivity index (χ0) is 9.68. The summed E-state index contributed by atoms with van der Waals surface area (Å²) in [5.74, 6) is 2.27. The summed E-state index contributed by atoms with van der Waals surface area (Å²) < 4.78 is 1.07. The lowest BCUT2D eigenvalue weighted by molar-refractivity contribution is 1.10. The van der Waals surface area contributed by atoms with Crippen molar-refractivity contribution in [1.82, 2.24) is 0 Å². The molecule has 3 heteroatoms. The van der Waals surface area contributed by atoms with E-state index in [9.17, 15) is 0 Å². The van der Waals surface area contributed by atoms with E-state index in [1.807, 2.05) is 23.9 Å². The van der Waals surface area contributed by atoms with Crippen molar-refractivity contribution in [3.63, 3.8) is 0 Å². The Morgan fingerprint density at radius 3 is 2.77 bits per heavy atom. The minimum atomic E-state index is 0.835. The van der Waals surface area contributed by atoms with Crippen molar-refractivity contribution in [2.75, 3.05) is 11.5 Å². The fourth-order valence-corrected chi connectivity index (χ4v) is 2.49. The molecule has 1 rings (SSSR count). The predicted molar refractivity (Wildman–Crippen MR) is 65.0 cm³/mol. The lowest BCUT2D eigenvalue weighted by Crippen LogP contribution is -1.88. The molecule has 0 atom stereocenters. The summed E-state index contributed by atoms with van der Waals surface area (Å²) in [4.78, 5) is 0. The maximum Gasteiger partial charge on any atom is 0.0328 e. The Balaban J connectivity index is 2.56. The van der Waals surface area contributed by atoms with E-state index < -0.39 is 0 Å². The van der Waals surface area contributed by atoms with Crippen LogP contribution in [0, 0.1) is 0 Å². The smallest absolute Gasteiger partial charge is 0.0328 e. The van der Waals surface area contributed by atoms with Gasteiger partial charge >= 0.3 is 0 Å². The van der Waals surface area contributed by atoms with Gasteiger partial charge in [-0.3, -0.25) is 0 Å². The van der Waals surface area contributed by atoms with Gasteiger partial charge in [-0.1, -0.05) is 22.9 Å².